The molecule has 1 aliphatic heterocycles. The molecule has 7 nitrogen and oxygen atoms in total. The lowest BCUT2D eigenvalue weighted by molar-refractivity contribution is 0.0516. The minimum atomic E-state index is -0.349. The van der Waals surface area contributed by atoms with Gasteiger partial charge in [0.2, 0.25) is 0 Å². The van der Waals surface area contributed by atoms with Crippen molar-refractivity contribution in [1.82, 2.24) is 13.3 Å². The summed E-state index contributed by atoms with van der Waals surface area (Å²) in [6.07, 6.45) is 1.77. The van der Waals surface area contributed by atoms with Crippen molar-refractivity contribution in [3.05, 3.63) is 71.4 Å². The highest BCUT2D eigenvalue weighted by Crippen LogP contribution is 2.40. The largest absolute Gasteiger partial charge is 0.494 e. The molecule has 1 aliphatic rings. The Morgan fingerprint density at radius 1 is 1.05 bits per heavy atom. The van der Waals surface area contributed by atoms with Gasteiger partial charge in [-0.25, -0.2) is 4.79 Å². The number of benzene rings is 3. The number of ether oxygens (including phenoxy) is 3. The molecule has 0 radical (unpaired) electrons. The summed E-state index contributed by atoms with van der Waals surface area (Å²) in [5, 5.41) is 0.951. The van der Waals surface area contributed by atoms with Gasteiger partial charge in [-0.15, -0.1) is 0 Å². The van der Waals surface area contributed by atoms with Crippen LogP contribution in [0.25, 0.3) is 33.1 Å². The van der Waals surface area contributed by atoms with Crippen LogP contribution < -0.4 is 9.47 Å². The molecule has 0 atom stereocenters. The van der Waals surface area contributed by atoms with Crippen LogP contribution in [0.15, 0.2) is 54.6 Å². The zero-order valence-electron chi connectivity index (χ0n) is 20.8. The van der Waals surface area contributed by atoms with Crippen molar-refractivity contribution < 1.29 is 19.0 Å². The third kappa shape index (κ3) is 4.31. The van der Waals surface area contributed by atoms with Gasteiger partial charge in [0.05, 0.1) is 31.5 Å². The Morgan fingerprint density at radius 2 is 1.95 bits per heavy atom. The molecule has 37 heavy (non-hydrogen) atoms. The monoisotopic (exact) mass is 513 g/mol. The fraction of sp³-hybridized carbons (Fsp3) is 0.276. The number of hydrogen-bond acceptors (Lipinski definition) is 7. The number of hydrogen-bond donors (Lipinski definition) is 0. The number of carbonyl (C=O) groups excluding carboxylic acids is 1. The minimum Gasteiger partial charge on any atom is -0.494 e. The Bertz CT molecular complexity index is 1620. The summed E-state index contributed by atoms with van der Waals surface area (Å²) < 4.78 is 28.1. The van der Waals surface area contributed by atoms with Crippen molar-refractivity contribution in [3.8, 4) is 22.6 Å². The molecule has 0 saturated carbocycles. The van der Waals surface area contributed by atoms with Crippen molar-refractivity contribution in [2.24, 2.45) is 0 Å². The first-order valence-corrected chi connectivity index (χ1v) is 13.3. The van der Waals surface area contributed by atoms with E-state index in [9.17, 15) is 4.79 Å². The third-order valence-electron chi connectivity index (χ3n) is 6.61. The number of nitrogens with zero attached hydrogens (tertiary/aromatic N) is 3. The molecule has 188 valence electrons. The van der Waals surface area contributed by atoms with Crippen LogP contribution in [0.3, 0.4) is 0 Å². The van der Waals surface area contributed by atoms with Gasteiger partial charge in [-0.2, -0.15) is 8.75 Å². The lowest BCUT2D eigenvalue weighted by Crippen LogP contribution is -2.14. The summed E-state index contributed by atoms with van der Waals surface area (Å²) in [6.45, 7) is 6.00. The molecule has 6 rings (SSSR count). The predicted molar refractivity (Wildman–Crippen MR) is 145 cm³/mol. The molecule has 0 spiro atoms. The highest BCUT2D eigenvalue weighted by molar-refractivity contribution is 7.00. The van der Waals surface area contributed by atoms with Crippen molar-refractivity contribution in [2.45, 2.75) is 33.2 Å². The van der Waals surface area contributed by atoms with Crippen molar-refractivity contribution in [3.63, 3.8) is 0 Å². The summed E-state index contributed by atoms with van der Waals surface area (Å²) in [5.74, 6) is 1.34. The van der Waals surface area contributed by atoms with Crippen LogP contribution >= 0.6 is 11.7 Å². The summed E-state index contributed by atoms with van der Waals surface area (Å²) in [7, 11) is 0. The van der Waals surface area contributed by atoms with Crippen molar-refractivity contribution >= 4 is 39.6 Å². The molecule has 3 heterocycles. The average molecular weight is 514 g/mol. The second-order valence-corrected chi connectivity index (χ2v) is 9.59. The highest BCUT2D eigenvalue weighted by atomic mass is 32.1. The molecule has 0 bridgehead atoms. The Kier molecular flexibility index (Phi) is 6.26. The van der Waals surface area contributed by atoms with Gasteiger partial charge in [0.25, 0.3) is 0 Å². The molecule has 5 aromatic rings. The summed E-state index contributed by atoms with van der Waals surface area (Å²) in [5.41, 5.74) is 7.18. The van der Waals surface area contributed by atoms with E-state index in [2.05, 4.69) is 26.3 Å². The fourth-order valence-corrected chi connectivity index (χ4v) is 5.48. The van der Waals surface area contributed by atoms with E-state index in [1.54, 1.807) is 0 Å². The zero-order valence-corrected chi connectivity index (χ0v) is 21.6. The first-order chi connectivity index (χ1) is 18.2. The molecule has 0 fully saturated rings. The van der Waals surface area contributed by atoms with E-state index >= 15 is 0 Å². The van der Waals surface area contributed by atoms with Crippen LogP contribution in [0, 0.1) is 0 Å². The van der Waals surface area contributed by atoms with E-state index < -0.39 is 0 Å². The van der Waals surface area contributed by atoms with Gasteiger partial charge < -0.3 is 18.8 Å². The van der Waals surface area contributed by atoms with Crippen LogP contribution in [0.5, 0.6) is 11.5 Å². The van der Waals surface area contributed by atoms with E-state index in [0.717, 1.165) is 68.5 Å². The Balaban J connectivity index is 1.58. The first kappa shape index (κ1) is 23.5. The molecule has 8 heteroatoms. The number of aromatic nitrogens is 3. The fourth-order valence-electron chi connectivity index (χ4n) is 4.96. The average Bonchev–Trinajstić information content (AvgIpc) is 3.64. The van der Waals surface area contributed by atoms with Gasteiger partial charge in [-0.3, -0.25) is 0 Å². The van der Waals surface area contributed by atoms with Crippen molar-refractivity contribution in [1.29, 1.82) is 0 Å². The van der Waals surface area contributed by atoms with Gasteiger partial charge in [-0.1, -0.05) is 19.1 Å². The zero-order chi connectivity index (χ0) is 25.4. The topological polar surface area (TPSA) is 75.5 Å². The summed E-state index contributed by atoms with van der Waals surface area (Å²) in [6, 6.07) is 18.2. The summed E-state index contributed by atoms with van der Waals surface area (Å²) >= 11 is 1.20. The quantitative estimate of drug-likeness (QED) is 0.228. The Labute approximate surface area is 218 Å². The molecule has 3 aromatic carbocycles. The highest BCUT2D eigenvalue weighted by Gasteiger charge is 2.27. The van der Waals surface area contributed by atoms with Gasteiger partial charge in [-0.05, 0) is 72.5 Å². The third-order valence-corrected chi connectivity index (χ3v) is 7.17. The molecule has 2 aromatic heterocycles. The van der Waals surface area contributed by atoms with E-state index in [1.807, 2.05) is 55.5 Å². The first-order valence-electron chi connectivity index (χ1n) is 12.6. The van der Waals surface area contributed by atoms with Crippen LogP contribution in [-0.2, 0) is 17.7 Å². The molecule has 0 unspecified atom stereocenters. The minimum absolute atomic E-state index is 0.291. The SMILES string of the molecule is CCCOc1ccc2c(c1)c(-c1ccc3c(c1)CCO3)c(C(=O)OCC)n2Cc1ccc2nsnc2c1. The Morgan fingerprint density at radius 3 is 2.81 bits per heavy atom. The second-order valence-electron chi connectivity index (χ2n) is 9.07. The molecular formula is C29H27N3O4S. The normalized spacial score (nSPS) is 12.6. The maximum atomic E-state index is 13.6. The number of rotatable bonds is 8. The van der Waals surface area contributed by atoms with E-state index in [4.69, 9.17) is 14.2 Å². The maximum absolute atomic E-state index is 13.6. The molecule has 0 saturated heterocycles. The lowest BCUT2D eigenvalue weighted by atomic mass is 9.98. The van der Waals surface area contributed by atoms with Crippen molar-refractivity contribution in [2.75, 3.05) is 19.8 Å². The lowest BCUT2D eigenvalue weighted by Gasteiger charge is -2.12. The standard InChI is InChI=1S/C29H27N3O4S/c1-3-12-35-21-7-9-25-22(16-21)27(20-6-10-26-19(15-20)11-13-36-26)28(29(33)34-4-2)32(25)17-18-5-8-23-24(14-18)31-37-30-23/h5-10,14-16H,3-4,11-13,17H2,1-2H3. The number of carbonyl (C=O) groups is 1. The van der Waals surface area contributed by atoms with Crippen LogP contribution in [-0.4, -0.2) is 39.1 Å². The van der Waals surface area contributed by atoms with Gasteiger partial charge in [0, 0.05) is 29.4 Å². The van der Waals surface area contributed by atoms with Gasteiger partial charge in [0.15, 0.2) is 0 Å². The van der Waals surface area contributed by atoms with E-state index in [1.165, 1.54) is 11.7 Å². The smallest absolute Gasteiger partial charge is 0.355 e. The van der Waals surface area contributed by atoms with Crippen LogP contribution in [0.2, 0.25) is 0 Å². The molecule has 0 amide bonds. The molecular weight excluding hydrogens is 486 g/mol. The van der Waals surface area contributed by atoms with E-state index in [0.29, 0.717) is 32.1 Å². The van der Waals surface area contributed by atoms with Crippen LogP contribution in [0.1, 0.15) is 41.9 Å². The number of esters is 1. The van der Waals surface area contributed by atoms with Gasteiger partial charge >= 0.3 is 5.97 Å². The van der Waals surface area contributed by atoms with Gasteiger partial charge in [0.1, 0.15) is 28.2 Å². The molecule has 0 N–H and O–H groups in total. The second kappa shape index (κ2) is 9.86. The van der Waals surface area contributed by atoms with Crippen LogP contribution in [0.4, 0.5) is 0 Å². The number of fused-ring (bicyclic) bond motifs is 3. The predicted octanol–water partition coefficient (Wildman–Crippen LogP) is 6.26. The Hall–Kier alpha value is -3.91. The molecule has 0 aliphatic carbocycles. The van der Waals surface area contributed by atoms with E-state index in [-0.39, 0.29) is 5.97 Å². The summed E-state index contributed by atoms with van der Waals surface area (Å²) in [4.78, 5) is 13.6. The maximum Gasteiger partial charge on any atom is 0.355 e.